The summed E-state index contributed by atoms with van der Waals surface area (Å²) in [4.78, 5) is 5.28. The highest BCUT2D eigenvalue weighted by molar-refractivity contribution is 4.84. The molecule has 0 N–H and O–H groups in total. The summed E-state index contributed by atoms with van der Waals surface area (Å²) in [5.41, 5.74) is 0. The Morgan fingerprint density at radius 3 is 2.00 bits per heavy atom. The Morgan fingerprint density at radius 1 is 1.00 bits per heavy atom. The lowest BCUT2D eigenvalue weighted by atomic mass is 9.99. The fraction of sp³-hybridized carbons (Fsp3) is 1.00. The third-order valence-electron chi connectivity index (χ3n) is 3.92. The summed E-state index contributed by atoms with van der Waals surface area (Å²) in [6.45, 7) is 14.8. The third kappa shape index (κ3) is 5.71. The average molecular weight is 256 g/mol. The number of piperazine rings is 1. The first-order chi connectivity index (χ1) is 8.72. The largest absolute Gasteiger partial charge is 0.304 e. The summed E-state index contributed by atoms with van der Waals surface area (Å²) >= 11 is 0. The molecule has 1 fully saturated rings. The zero-order valence-corrected chi connectivity index (χ0v) is 13.7. The Kier molecular flexibility index (Phi) is 10.8. The average Bonchev–Trinajstić information content (AvgIpc) is 2.41. The van der Waals surface area contributed by atoms with Crippen molar-refractivity contribution in [2.24, 2.45) is 0 Å². The van der Waals surface area contributed by atoms with E-state index in [0.717, 1.165) is 12.1 Å². The van der Waals surface area contributed by atoms with Crippen molar-refractivity contribution in [1.82, 2.24) is 9.80 Å². The maximum Gasteiger partial charge on any atom is 0.0223 e. The first-order valence-corrected chi connectivity index (χ1v) is 8.17. The molecule has 0 amide bonds. The third-order valence-corrected chi connectivity index (χ3v) is 3.92. The van der Waals surface area contributed by atoms with E-state index in [1.807, 2.05) is 13.8 Å². The van der Waals surface area contributed by atoms with Crippen molar-refractivity contribution in [2.75, 3.05) is 26.7 Å². The van der Waals surface area contributed by atoms with Crippen LogP contribution in [0, 0.1) is 0 Å². The topological polar surface area (TPSA) is 6.48 Å². The Labute approximate surface area is 116 Å². The van der Waals surface area contributed by atoms with E-state index in [-0.39, 0.29) is 0 Å². The minimum Gasteiger partial charge on any atom is -0.304 e. The minimum absolute atomic E-state index is 0.793. The maximum atomic E-state index is 2.80. The number of likely N-dealkylation sites (N-methyl/N-ethyl adjacent to an activating group) is 1. The fourth-order valence-electron chi connectivity index (χ4n) is 3.01. The van der Waals surface area contributed by atoms with Gasteiger partial charge in [0.15, 0.2) is 0 Å². The molecule has 1 rings (SSSR count). The summed E-state index contributed by atoms with van der Waals surface area (Å²) in [5.74, 6) is 0. The molecular weight excluding hydrogens is 220 g/mol. The van der Waals surface area contributed by atoms with Gasteiger partial charge in [0.1, 0.15) is 0 Å². The van der Waals surface area contributed by atoms with Crippen molar-refractivity contribution in [3.63, 3.8) is 0 Å². The Bertz CT molecular complexity index is 176. The van der Waals surface area contributed by atoms with Crippen LogP contribution in [-0.2, 0) is 0 Å². The highest BCUT2D eigenvalue weighted by Gasteiger charge is 2.28. The Balaban J connectivity index is 0.00000137. The molecule has 0 bridgehead atoms. The lowest BCUT2D eigenvalue weighted by Gasteiger charge is -2.44. The SMILES string of the molecule is CC.CCCC(CCC)N1CCN(C)CC1CC. The van der Waals surface area contributed by atoms with Gasteiger partial charge in [0.25, 0.3) is 0 Å². The second-order valence-electron chi connectivity index (χ2n) is 5.29. The molecule has 18 heavy (non-hydrogen) atoms. The van der Waals surface area contributed by atoms with Crippen LogP contribution in [0.1, 0.15) is 66.7 Å². The van der Waals surface area contributed by atoms with Crippen molar-refractivity contribution in [1.29, 1.82) is 0 Å². The van der Waals surface area contributed by atoms with E-state index in [4.69, 9.17) is 0 Å². The van der Waals surface area contributed by atoms with Gasteiger partial charge in [-0.2, -0.15) is 0 Å². The fourth-order valence-corrected chi connectivity index (χ4v) is 3.01. The molecule has 0 aromatic heterocycles. The molecule has 1 heterocycles. The van der Waals surface area contributed by atoms with Crippen LogP contribution in [0.15, 0.2) is 0 Å². The molecule has 0 radical (unpaired) electrons. The normalized spacial score (nSPS) is 21.8. The molecule has 1 aliphatic heterocycles. The van der Waals surface area contributed by atoms with Gasteiger partial charge in [-0.25, -0.2) is 0 Å². The summed E-state index contributed by atoms with van der Waals surface area (Å²) in [5, 5.41) is 0. The Morgan fingerprint density at radius 2 is 1.56 bits per heavy atom. The number of hydrogen-bond donors (Lipinski definition) is 0. The molecular formula is C16H36N2. The predicted octanol–water partition coefficient (Wildman–Crippen LogP) is 4.01. The van der Waals surface area contributed by atoms with E-state index in [0.29, 0.717) is 0 Å². The van der Waals surface area contributed by atoms with E-state index in [1.165, 1.54) is 51.7 Å². The molecule has 0 aromatic carbocycles. The lowest BCUT2D eigenvalue weighted by Crippen LogP contribution is -2.55. The highest BCUT2D eigenvalue weighted by atomic mass is 15.3. The predicted molar refractivity (Wildman–Crippen MR) is 83.2 cm³/mol. The van der Waals surface area contributed by atoms with Gasteiger partial charge >= 0.3 is 0 Å². The van der Waals surface area contributed by atoms with Gasteiger partial charge in [-0.15, -0.1) is 0 Å². The van der Waals surface area contributed by atoms with Crippen molar-refractivity contribution in [3.8, 4) is 0 Å². The molecule has 0 aromatic rings. The van der Waals surface area contributed by atoms with Gasteiger partial charge in [0.05, 0.1) is 0 Å². The van der Waals surface area contributed by atoms with Crippen molar-refractivity contribution in [2.45, 2.75) is 78.8 Å². The smallest absolute Gasteiger partial charge is 0.0223 e. The number of nitrogens with zero attached hydrogens (tertiary/aromatic N) is 2. The standard InChI is InChI=1S/C14H30N2.C2H6/c1-5-8-14(9-6-2)16-11-10-15(4)12-13(16)7-3;1-2/h13-14H,5-12H2,1-4H3;1-2H3. The molecule has 1 aliphatic rings. The quantitative estimate of drug-likeness (QED) is 0.708. The highest BCUT2D eigenvalue weighted by Crippen LogP contribution is 2.21. The number of rotatable bonds is 6. The van der Waals surface area contributed by atoms with Crippen LogP contribution < -0.4 is 0 Å². The van der Waals surface area contributed by atoms with Crippen LogP contribution >= 0.6 is 0 Å². The molecule has 2 nitrogen and oxygen atoms in total. The summed E-state index contributed by atoms with van der Waals surface area (Å²) in [6, 6.07) is 1.63. The lowest BCUT2D eigenvalue weighted by molar-refractivity contribution is 0.0426. The maximum absolute atomic E-state index is 2.80. The van der Waals surface area contributed by atoms with E-state index in [1.54, 1.807) is 0 Å². The zero-order chi connectivity index (χ0) is 14.0. The second-order valence-corrected chi connectivity index (χ2v) is 5.29. The monoisotopic (exact) mass is 256 g/mol. The molecule has 0 spiro atoms. The zero-order valence-electron chi connectivity index (χ0n) is 13.7. The van der Waals surface area contributed by atoms with E-state index >= 15 is 0 Å². The van der Waals surface area contributed by atoms with Crippen LogP contribution in [0.5, 0.6) is 0 Å². The first-order valence-electron chi connectivity index (χ1n) is 8.17. The summed E-state index contributed by atoms with van der Waals surface area (Å²) in [6.07, 6.45) is 6.72. The van der Waals surface area contributed by atoms with E-state index in [2.05, 4.69) is 37.6 Å². The molecule has 0 saturated carbocycles. The van der Waals surface area contributed by atoms with Crippen LogP contribution in [0.3, 0.4) is 0 Å². The molecule has 1 atom stereocenters. The van der Waals surface area contributed by atoms with E-state index in [9.17, 15) is 0 Å². The van der Waals surface area contributed by atoms with Crippen LogP contribution in [0.25, 0.3) is 0 Å². The summed E-state index contributed by atoms with van der Waals surface area (Å²) < 4.78 is 0. The van der Waals surface area contributed by atoms with Crippen molar-refractivity contribution < 1.29 is 0 Å². The first kappa shape index (κ1) is 17.9. The van der Waals surface area contributed by atoms with Gasteiger partial charge in [-0.3, -0.25) is 4.90 Å². The van der Waals surface area contributed by atoms with Crippen molar-refractivity contribution >= 4 is 0 Å². The van der Waals surface area contributed by atoms with Crippen molar-refractivity contribution in [3.05, 3.63) is 0 Å². The van der Waals surface area contributed by atoms with Gasteiger partial charge in [0.2, 0.25) is 0 Å². The van der Waals surface area contributed by atoms with Crippen LogP contribution in [0.4, 0.5) is 0 Å². The number of hydrogen-bond acceptors (Lipinski definition) is 2. The molecule has 0 aliphatic carbocycles. The van der Waals surface area contributed by atoms with Gasteiger partial charge in [-0.05, 0) is 26.3 Å². The molecule has 1 saturated heterocycles. The van der Waals surface area contributed by atoms with Crippen LogP contribution in [-0.4, -0.2) is 48.6 Å². The minimum atomic E-state index is 0.793. The van der Waals surface area contributed by atoms with Gasteiger partial charge in [0, 0.05) is 31.7 Å². The Hall–Kier alpha value is -0.0800. The molecule has 2 heteroatoms. The molecule has 110 valence electrons. The second kappa shape index (κ2) is 10.8. The van der Waals surface area contributed by atoms with Gasteiger partial charge in [-0.1, -0.05) is 47.5 Å². The molecule has 1 unspecified atom stereocenters. The summed E-state index contributed by atoms with van der Waals surface area (Å²) in [7, 11) is 2.26. The van der Waals surface area contributed by atoms with E-state index < -0.39 is 0 Å². The van der Waals surface area contributed by atoms with Crippen LogP contribution in [0.2, 0.25) is 0 Å². The van der Waals surface area contributed by atoms with Gasteiger partial charge < -0.3 is 4.90 Å².